The summed E-state index contributed by atoms with van der Waals surface area (Å²) in [5, 5.41) is 9.12. The number of aromatic amines is 1. The summed E-state index contributed by atoms with van der Waals surface area (Å²) in [6, 6.07) is 3.79. The first-order valence-electron chi connectivity index (χ1n) is 5.32. The second kappa shape index (κ2) is 5.20. The summed E-state index contributed by atoms with van der Waals surface area (Å²) in [6.45, 7) is 1.78. The van der Waals surface area contributed by atoms with Gasteiger partial charge in [-0.3, -0.25) is 20.2 Å². The molecule has 0 unspecified atom stereocenters. The number of anilines is 1. The Morgan fingerprint density at radius 3 is 2.82 bits per heavy atom. The molecule has 0 saturated heterocycles. The van der Waals surface area contributed by atoms with E-state index < -0.39 is 0 Å². The Morgan fingerprint density at radius 2 is 2.18 bits per heavy atom. The predicted octanol–water partition coefficient (Wildman–Crippen LogP) is 1.08. The largest absolute Gasteiger partial charge is 0.293 e. The van der Waals surface area contributed by atoms with Gasteiger partial charge in [0, 0.05) is 18.8 Å². The van der Waals surface area contributed by atoms with E-state index in [1.165, 1.54) is 0 Å². The third-order valence-corrected chi connectivity index (χ3v) is 2.24. The minimum Gasteiger partial charge on any atom is -0.293 e. The van der Waals surface area contributed by atoms with Gasteiger partial charge < -0.3 is 0 Å². The van der Waals surface area contributed by atoms with Crippen LogP contribution in [-0.2, 0) is 11.2 Å². The van der Waals surface area contributed by atoms with Crippen molar-refractivity contribution in [2.75, 3.05) is 5.32 Å². The van der Waals surface area contributed by atoms with Gasteiger partial charge in [0.05, 0.1) is 0 Å². The highest BCUT2D eigenvalue weighted by Gasteiger charge is 2.06. The van der Waals surface area contributed by atoms with Crippen LogP contribution in [0, 0.1) is 6.92 Å². The lowest BCUT2D eigenvalue weighted by Gasteiger charge is -2.00. The number of nitrogens with zero attached hydrogens (tertiary/aromatic N) is 3. The number of carbonyl (C=O) groups is 1. The van der Waals surface area contributed by atoms with E-state index >= 15 is 0 Å². The summed E-state index contributed by atoms with van der Waals surface area (Å²) < 4.78 is 0. The van der Waals surface area contributed by atoms with Crippen molar-refractivity contribution in [3.8, 4) is 0 Å². The van der Waals surface area contributed by atoms with Crippen LogP contribution in [0.2, 0.25) is 0 Å². The van der Waals surface area contributed by atoms with Gasteiger partial charge >= 0.3 is 0 Å². The lowest BCUT2D eigenvalue weighted by molar-refractivity contribution is -0.116. The molecular weight excluding hydrogens is 218 g/mol. The fourth-order valence-electron chi connectivity index (χ4n) is 1.39. The fourth-order valence-corrected chi connectivity index (χ4v) is 1.39. The molecule has 0 aromatic carbocycles. The number of pyridine rings is 1. The minimum absolute atomic E-state index is 0.0965. The van der Waals surface area contributed by atoms with Gasteiger partial charge in [0.1, 0.15) is 5.82 Å². The van der Waals surface area contributed by atoms with Gasteiger partial charge in [0.15, 0.2) is 0 Å². The van der Waals surface area contributed by atoms with Gasteiger partial charge in [-0.1, -0.05) is 0 Å². The van der Waals surface area contributed by atoms with Crippen molar-refractivity contribution in [3.63, 3.8) is 0 Å². The average Bonchev–Trinajstić information content (AvgIpc) is 2.73. The van der Waals surface area contributed by atoms with Crippen molar-refractivity contribution >= 4 is 11.9 Å². The minimum atomic E-state index is -0.0965. The molecule has 6 heteroatoms. The molecule has 2 aromatic heterocycles. The molecule has 2 heterocycles. The number of carbonyl (C=O) groups excluding carboxylic acids is 1. The molecule has 0 saturated carbocycles. The molecule has 0 aliphatic rings. The number of amides is 1. The molecule has 6 nitrogen and oxygen atoms in total. The standard InChI is InChI=1S/C11H13N5O/c1-8-13-11(16-15-8)14-10(17)3-2-9-4-6-12-7-5-9/h4-7H,2-3H2,1H3,(H2,13,14,15,16,17). The van der Waals surface area contributed by atoms with Crippen molar-refractivity contribution in [2.45, 2.75) is 19.8 Å². The number of aromatic nitrogens is 4. The molecule has 88 valence electrons. The van der Waals surface area contributed by atoms with Crippen LogP contribution in [0.25, 0.3) is 0 Å². The summed E-state index contributed by atoms with van der Waals surface area (Å²) in [6.07, 6.45) is 4.51. The van der Waals surface area contributed by atoms with Crippen LogP contribution in [0.5, 0.6) is 0 Å². The normalized spacial score (nSPS) is 10.2. The van der Waals surface area contributed by atoms with Crippen LogP contribution in [0.15, 0.2) is 24.5 Å². The number of hydrogen-bond donors (Lipinski definition) is 2. The molecule has 1 amide bonds. The zero-order chi connectivity index (χ0) is 12.1. The smallest absolute Gasteiger partial charge is 0.248 e. The molecule has 0 aliphatic heterocycles. The Kier molecular flexibility index (Phi) is 3.44. The highest BCUT2D eigenvalue weighted by Crippen LogP contribution is 2.03. The van der Waals surface area contributed by atoms with Crippen molar-refractivity contribution in [3.05, 3.63) is 35.9 Å². The van der Waals surface area contributed by atoms with E-state index in [0.717, 1.165) is 5.56 Å². The maximum Gasteiger partial charge on any atom is 0.248 e. The Morgan fingerprint density at radius 1 is 1.41 bits per heavy atom. The van der Waals surface area contributed by atoms with E-state index in [4.69, 9.17) is 0 Å². The first-order chi connectivity index (χ1) is 8.24. The van der Waals surface area contributed by atoms with E-state index in [2.05, 4.69) is 25.5 Å². The molecule has 0 bridgehead atoms. The maximum atomic E-state index is 11.6. The van der Waals surface area contributed by atoms with E-state index in [1.54, 1.807) is 19.3 Å². The van der Waals surface area contributed by atoms with Gasteiger partial charge in [-0.05, 0) is 31.0 Å². The van der Waals surface area contributed by atoms with Crippen LogP contribution >= 0.6 is 0 Å². The van der Waals surface area contributed by atoms with Crippen molar-refractivity contribution in [2.24, 2.45) is 0 Å². The van der Waals surface area contributed by atoms with Crippen LogP contribution in [0.1, 0.15) is 17.8 Å². The van der Waals surface area contributed by atoms with E-state index in [0.29, 0.717) is 24.6 Å². The Balaban J connectivity index is 1.82. The molecule has 2 aromatic rings. The van der Waals surface area contributed by atoms with Crippen molar-refractivity contribution in [1.82, 2.24) is 20.2 Å². The van der Waals surface area contributed by atoms with E-state index in [-0.39, 0.29) is 5.91 Å². The number of H-pyrrole nitrogens is 1. The van der Waals surface area contributed by atoms with E-state index in [1.807, 2.05) is 12.1 Å². The molecule has 0 atom stereocenters. The van der Waals surface area contributed by atoms with Crippen molar-refractivity contribution < 1.29 is 4.79 Å². The third-order valence-electron chi connectivity index (χ3n) is 2.24. The first-order valence-corrected chi connectivity index (χ1v) is 5.32. The zero-order valence-corrected chi connectivity index (χ0v) is 9.47. The van der Waals surface area contributed by atoms with Crippen LogP contribution in [-0.4, -0.2) is 26.1 Å². The van der Waals surface area contributed by atoms with Gasteiger partial charge in [-0.25, -0.2) is 0 Å². The topological polar surface area (TPSA) is 83.6 Å². The summed E-state index contributed by atoms with van der Waals surface area (Å²) in [4.78, 5) is 19.5. The average molecular weight is 231 g/mol. The lowest BCUT2D eigenvalue weighted by atomic mass is 10.1. The molecule has 0 radical (unpaired) electrons. The Bertz CT molecular complexity index is 494. The number of aryl methyl sites for hydroxylation is 2. The van der Waals surface area contributed by atoms with Crippen LogP contribution in [0.3, 0.4) is 0 Å². The quantitative estimate of drug-likeness (QED) is 0.824. The van der Waals surface area contributed by atoms with Gasteiger partial charge in [0.25, 0.3) is 0 Å². The SMILES string of the molecule is Cc1nc(NC(=O)CCc2ccncc2)n[nH]1. The monoisotopic (exact) mass is 231 g/mol. The second-order valence-corrected chi connectivity index (χ2v) is 3.65. The molecule has 17 heavy (non-hydrogen) atoms. The summed E-state index contributed by atoms with van der Waals surface area (Å²) >= 11 is 0. The summed E-state index contributed by atoms with van der Waals surface area (Å²) in [5.41, 5.74) is 1.08. The second-order valence-electron chi connectivity index (χ2n) is 3.65. The Labute approximate surface area is 98.5 Å². The van der Waals surface area contributed by atoms with Crippen LogP contribution in [0.4, 0.5) is 5.95 Å². The van der Waals surface area contributed by atoms with Gasteiger partial charge in [-0.2, -0.15) is 4.98 Å². The first kappa shape index (κ1) is 11.3. The molecule has 2 N–H and O–H groups in total. The van der Waals surface area contributed by atoms with E-state index in [9.17, 15) is 4.79 Å². The summed E-state index contributed by atoms with van der Waals surface area (Å²) in [5.74, 6) is 0.900. The molecule has 0 fully saturated rings. The maximum absolute atomic E-state index is 11.6. The highest BCUT2D eigenvalue weighted by atomic mass is 16.1. The zero-order valence-electron chi connectivity index (χ0n) is 9.47. The molecule has 0 spiro atoms. The molecular formula is C11H13N5O. The summed E-state index contributed by atoms with van der Waals surface area (Å²) in [7, 11) is 0. The molecule has 2 rings (SSSR count). The third kappa shape index (κ3) is 3.37. The lowest BCUT2D eigenvalue weighted by Crippen LogP contribution is -2.13. The number of nitrogens with one attached hydrogen (secondary N) is 2. The van der Waals surface area contributed by atoms with Gasteiger partial charge in [0.2, 0.25) is 11.9 Å². The Hall–Kier alpha value is -2.24. The van der Waals surface area contributed by atoms with Crippen LogP contribution < -0.4 is 5.32 Å². The predicted molar refractivity (Wildman–Crippen MR) is 62.3 cm³/mol. The van der Waals surface area contributed by atoms with Gasteiger partial charge in [-0.15, -0.1) is 5.10 Å². The number of rotatable bonds is 4. The fraction of sp³-hybridized carbons (Fsp3) is 0.273. The molecule has 0 aliphatic carbocycles. The number of hydrogen-bond acceptors (Lipinski definition) is 4. The van der Waals surface area contributed by atoms with Crippen molar-refractivity contribution in [1.29, 1.82) is 0 Å². The highest BCUT2D eigenvalue weighted by molar-refractivity contribution is 5.88.